The van der Waals surface area contributed by atoms with E-state index < -0.39 is 0 Å². The molecule has 116 valence electrons. The molecule has 0 radical (unpaired) electrons. The summed E-state index contributed by atoms with van der Waals surface area (Å²) in [5, 5.41) is 7.52. The Hall–Kier alpha value is -2.18. The first-order valence-electron chi connectivity index (χ1n) is 7.40. The van der Waals surface area contributed by atoms with E-state index in [1.165, 1.54) is 0 Å². The van der Waals surface area contributed by atoms with Gasteiger partial charge in [-0.25, -0.2) is 4.68 Å². The fourth-order valence-electron chi connectivity index (χ4n) is 2.49. The molecular weight excluding hydrogens is 280 g/mol. The maximum atomic E-state index is 12.3. The molecule has 1 aromatic heterocycles. The monoisotopic (exact) mass is 300 g/mol. The standard InChI is InChI=1S/C16H20N4O2/c1-19(16(21)15-10-17-7-8-22-15)11-13-9-18-20(12-13)14-5-3-2-4-6-14/h2-6,9,12,15,17H,7-8,10-11H2,1H3/t15-/m0/s1. The number of aromatic nitrogens is 2. The van der Waals surface area contributed by atoms with Gasteiger partial charge in [0.25, 0.3) is 5.91 Å². The smallest absolute Gasteiger partial charge is 0.253 e. The van der Waals surface area contributed by atoms with Crippen LogP contribution in [0.3, 0.4) is 0 Å². The number of benzene rings is 1. The van der Waals surface area contributed by atoms with Crippen molar-refractivity contribution in [2.24, 2.45) is 0 Å². The van der Waals surface area contributed by atoms with E-state index in [0.717, 1.165) is 17.8 Å². The van der Waals surface area contributed by atoms with Gasteiger partial charge in [-0.2, -0.15) is 5.10 Å². The predicted molar refractivity (Wildman–Crippen MR) is 82.6 cm³/mol. The highest BCUT2D eigenvalue weighted by Gasteiger charge is 2.25. The van der Waals surface area contributed by atoms with Crippen LogP contribution in [-0.4, -0.2) is 53.4 Å². The van der Waals surface area contributed by atoms with Crippen molar-refractivity contribution in [3.63, 3.8) is 0 Å². The fourth-order valence-corrected chi connectivity index (χ4v) is 2.49. The maximum Gasteiger partial charge on any atom is 0.253 e. The molecule has 1 aliphatic heterocycles. The van der Waals surface area contributed by atoms with Crippen LogP contribution in [0.4, 0.5) is 0 Å². The zero-order valence-corrected chi connectivity index (χ0v) is 12.6. The van der Waals surface area contributed by atoms with Crippen molar-refractivity contribution in [1.82, 2.24) is 20.0 Å². The van der Waals surface area contributed by atoms with E-state index in [1.807, 2.05) is 41.2 Å². The van der Waals surface area contributed by atoms with E-state index in [-0.39, 0.29) is 12.0 Å². The molecule has 1 saturated heterocycles. The molecule has 6 heteroatoms. The van der Waals surface area contributed by atoms with Gasteiger partial charge >= 0.3 is 0 Å². The average molecular weight is 300 g/mol. The van der Waals surface area contributed by atoms with Gasteiger partial charge in [0.1, 0.15) is 6.10 Å². The van der Waals surface area contributed by atoms with Crippen LogP contribution in [0.5, 0.6) is 0 Å². The first kappa shape index (κ1) is 14.7. The van der Waals surface area contributed by atoms with Crippen LogP contribution in [0.1, 0.15) is 5.56 Å². The van der Waals surface area contributed by atoms with Crippen LogP contribution in [0.2, 0.25) is 0 Å². The van der Waals surface area contributed by atoms with Crippen molar-refractivity contribution in [3.05, 3.63) is 48.3 Å². The van der Waals surface area contributed by atoms with Crippen molar-refractivity contribution in [2.45, 2.75) is 12.6 Å². The van der Waals surface area contributed by atoms with Gasteiger partial charge in [-0.3, -0.25) is 4.79 Å². The van der Waals surface area contributed by atoms with Crippen LogP contribution in [0.25, 0.3) is 5.69 Å². The molecule has 1 fully saturated rings. The molecule has 0 unspecified atom stereocenters. The summed E-state index contributed by atoms with van der Waals surface area (Å²) < 4.78 is 7.31. The number of morpholine rings is 1. The Bertz CT molecular complexity index is 620. The number of rotatable bonds is 4. The zero-order valence-electron chi connectivity index (χ0n) is 12.6. The van der Waals surface area contributed by atoms with Crippen molar-refractivity contribution in [2.75, 3.05) is 26.7 Å². The minimum absolute atomic E-state index is 0.000314. The summed E-state index contributed by atoms with van der Waals surface area (Å²) >= 11 is 0. The Morgan fingerprint density at radius 3 is 3.00 bits per heavy atom. The van der Waals surface area contributed by atoms with Crippen molar-refractivity contribution in [3.8, 4) is 5.69 Å². The molecule has 1 N–H and O–H groups in total. The van der Waals surface area contributed by atoms with Crippen molar-refractivity contribution >= 4 is 5.91 Å². The lowest BCUT2D eigenvalue weighted by atomic mass is 10.2. The molecule has 0 bridgehead atoms. The van der Waals surface area contributed by atoms with Crippen LogP contribution in [-0.2, 0) is 16.1 Å². The van der Waals surface area contributed by atoms with Gasteiger partial charge in [-0.05, 0) is 12.1 Å². The number of carbonyl (C=O) groups excluding carboxylic acids is 1. The normalized spacial score (nSPS) is 18.1. The van der Waals surface area contributed by atoms with Gasteiger partial charge in [0.05, 0.1) is 18.5 Å². The number of carbonyl (C=O) groups is 1. The largest absolute Gasteiger partial charge is 0.366 e. The molecule has 2 heterocycles. The van der Waals surface area contributed by atoms with E-state index in [4.69, 9.17) is 4.74 Å². The van der Waals surface area contributed by atoms with E-state index in [0.29, 0.717) is 19.7 Å². The molecule has 0 aliphatic carbocycles. The lowest BCUT2D eigenvalue weighted by Crippen LogP contribution is -2.48. The molecule has 1 aliphatic rings. The van der Waals surface area contributed by atoms with E-state index >= 15 is 0 Å². The van der Waals surface area contributed by atoms with Crippen LogP contribution < -0.4 is 5.32 Å². The van der Waals surface area contributed by atoms with Gasteiger partial charge in [0.15, 0.2) is 0 Å². The topological polar surface area (TPSA) is 59.4 Å². The molecule has 1 atom stereocenters. The van der Waals surface area contributed by atoms with Gasteiger partial charge in [-0.15, -0.1) is 0 Å². The SMILES string of the molecule is CN(Cc1cnn(-c2ccccc2)c1)C(=O)[C@@H]1CNCCO1. The van der Waals surface area contributed by atoms with E-state index in [9.17, 15) is 4.79 Å². The molecule has 0 saturated carbocycles. The van der Waals surface area contributed by atoms with Gasteiger partial charge < -0.3 is 15.0 Å². The fraction of sp³-hybridized carbons (Fsp3) is 0.375. The number of hydrogen-bond acceptors (Lipinski definition) is 4. The maximum absolute atomic E-state index is 12.3. The van der Waals surface area contributed by atoms with E-state index in [2.05, 4.69) is 10.4 Å². The molecule has 0 spiro atoms. The highest BCUT2D eigenvalue weighted by atomic mass is 16.5. The highest BCUT2D eigenvalue weighted by molar-refractivity contribution is 5.81. The van der Waals surface area contributed by atoms with Crippen molar-refractivity contribution in [1.29, 1.82) is 0 Å². The van der Waals surface area contributed by atoms with Gasteiger partial charge in [0, 0.05) is 38.4 Å². The Morgan fingerprint density at radius 1 is 1.45 bits per heavy atom. The second-order valence-electron chi connectivity index (χ2n) is 5.39. The first-order valence-corrected chi connectivity index (χ1v) is 7.40. The summed E-state index contributed by atoms with van der Waals surface area (Å²) in [6.45, 7) is 2.48. The van der Waals surface area contributed by atoms with E-state index in [1.54, 1.807) is 18.1 Å². The molecule has 6 nitrogen and oxygen atoms in total. The quantitative estimate of drug-likeness (QED) is 0.908. The third-order valence-corrected chi connectivity index (χ3v) is 3.66. The van der Waals surface area contributed by atoms with Gasteiger partial charge in [-0.1, -0.05) is 18.2 Å². The number of ether oxygens (including phenoxy) is 1. The molecule has 1 aromatic carbocycles. The molecule has 3 rings (SSSR count). The second kappa shape index (κ2) is 6.72. The Labute approximate surface area is 129 Å². The number of para-hydroxylation sites is 1. The summed E-state index contributed by atoms with van der Waals surface area (Å²) in [7, 11) is 1.79. The third kappa shape index (κ3) is 3.35. The number of hydrogen-bond donors (Lipinski definition) is 1. The molecule has 2 aromatic rings. The van der Waals surface area contributed by atoms with Crippen LogP contribution >= 0.6 is 0 Å². The second-order valence-corrected chi connectivity index (χ2v) is 5.39. The van der Waals surface area contributed by atoms with Crippen molar-refractivity contribution < 1.29 is 9.53 Å². The minimum Gasteiger partial charge on any atom is -0.366 e. The summed E-state index contributed by atoms with van der Waals surface area (Å²) in [6, 6.07) is 9.90. The molecule has 1 amide bonds. The summed E-state index contributed by atoms with van der Waals surface area (Å²) in [5.41, 5.74) is 1.99. The number of nitrogens with one attached hydrogen (secondary N) is 1. The highest BCUT2D eigenvalue weighted by Crippen LogP contribution is 2.10. The van der Waals surface area contributed by atoms with Crippen LogP contribution in [0.15, 0.2) is 42.7 Å². The Kier molecular flexibility index (Phi) is 4.50. The minimum atomic E-state index is -0.386. The number of nitrogens with zero attached hydrogens (tertiary/aromatic N) is 3. The zero-order chi connectivity index (χ0) is 15.4. The Balaban J connectivity index is 1.63. The van der Waals surface area contributed by atoms with Crippen LogP contribution in [0, 0.1) is 0 Å². The lowest BCUT2D eigenvalue weighted by molar-refractivity contribution is -0.144. The van der Waals surface area contributed by atoms with Gasteiger partial charge in [0.2, 0.25) is 0 Å². The number of likely N-dealkylation sites (N-methyl/N-ethyl adjacent to an activating group) is 1. The first-order chi connectivity index (χ1) is 10.7. The average Bonchev–Trinajstić information content (AvgIpc) is 3.04. The summed E-state index contributed by atoms with van der Waals surface area (Å²) in [5.74, 6) is -0.000314. The summed E-state index contributed by atoms with van der Waals surface area (Å²) in [6.07, 6.45) is 3.35. The number of amides is 1. The molecule has 22 heavy (non-hydrogen) atoms. The molecular formula is C16H20N4O2. The summed E-state index contributed by atoms with van der Waals surface area (Å²) in [4.78, 5) is 14.0. The Morgan fingerprint density at radius 2 is 2.27 bits per heavy atom. The lowest BCUT2D eigenvalue weighted by Gasteiger charge is -2.27. The predicted octanol–water partition coefficient (Wildman–Crippen LogP) is 0.819. The third-order valence-electron chi connectivity index (χ3n) is 3.66.